The number of aliphatic hydroxyl groups is 3. The van der Waals surface area contributed by atoms with Crippen molar-refractivity contribution in [3.8, 4) is 0 Å². The highest BCUT2D eigenvalue weighted by Gasteiger charge is 2.46. The van der Waals surface area contributed by atoms with Crippen molar-refractivity contribution in [1.29, 1.82) is 0 Å². The third-order valence-electron chi connectivity index (χ3n) is 16.1. The molecule has 1 rings (SSSR count). The van der Waals surface area contributed by atoms with E-state index in [1.165, 1.54) is 101 Å². The summed E-state index contributed by atoms with van der Waals surface area (Å²) in [5.41, 5.74) is -3.14. The summed E-state index contributed by atoms with van der Waals surface area (Å²) in [7, 11) is 9.42. The zero-order valence-corrected chi connectivity index (χ0v) is 56.8. The van der Waals surface area contributed by atoms with E-state index in [-0.39, 0.29) is 50.4 Å². The minimum absolute atomic E-state index is 0.00762. The normalized spacial score (nSPS) is 26.8. The summed E-state index contributed by atoms with van der Waals surface area (Å²) in [5.74, 6) is -10.8. The molecule has 25 nitrogen and oxygen atoms in total. The van der Waals surface area contributed by atoms with E-state index in [1.54, 1.807) is 60.6 Å². The first-order chi connectivity index (χ1) is 39.8. The van der Waals surface area contributed by atoms with Crippen LogP contribution in [0.2, 0.25) is 0 Å². The lowest BCUT2D eigenvalue weighted by atomic mass is 9.91. The molecular weight excluding hydrogens is 1120 g/mol. The number of hydrogen-bond donors (Lipinski definition) is 7. The van der Waals surface area contributed by atoms with Gasteiger partial charge in [-0.15, -0.1) is 0 Å². The second-order valence-electron chi connectivity index (χ2n) is 26.9. The monoisotopic (exact) mass is 1230 g/mol. The van der Waals surface area contributed by atoms with Crippen LogP contribution >= 0.6 is 0 Å². The molecule has 87 heavy (non-hydrogen) atoms. The second-order valence-corrected chi connectivity index (χ2v) is 26.9. The summed E-state index contributed by atoms with van der Waals surface area (Å²) in [6.07, 6.45) is 1.78. The molecule has 0 aliphatic carbocycles. The van der Waals surface area contributed by atoms with E-state index in [4.69, 9.17) is 0 Å². The van der Waals surface area contributed by atoms with Gasteiger partial charge < -0.3 is 70.9 Å². The lowest BCUT2D eigenvalue weighted by Gasteiger charge is -2.42. The van der Waals surface area contributed by atoms with E-state index >= 15 is 9.59 Å². The maximum absolute atomic E-state index is 15.1. The van der Waals surface area contributed by atoms with E-state index in [2.05, 4.69) is 21.3 Å². The van der Waals surface area contributed by atoms with Crippen LogP contribution in [0.1, 0.15) is 156 Å². The van der Waals surface area contributed by atoms with E-state index < -0.39 is 167 Å². The van der Waals surface area contributed by atoms with Crippen molar-refractivity contribution in [3.05, 3.63) is 12.2 Å². The molecule has 0 bridgehead atoms. The zero-order valence-electron chi connectivity index (χ0n) is 56.8. The molecule has 0 radical (unpaired) electrons. The SMILES string of the molecule is C/C=C/C[C@@H](C)[C@@H](O)[C@H]1C(=O)N[C@@H](CC)C(=O)N(C)CC(=O)N(C)[C@@H](CC(C)C)C(=O)N[C@@H](C(C)C)C(=O)N(C)[C@@H](CC(C)(C)O)C(=O)N[C@@H](C)C(=O)N[C@H](C)C(=O)N(C)[C@@H](CC(C)(C)O)C(=O)N(C)[C@@H](CC(C)C)C(=O)N(C)[C@@H](C(C)C)C(=O)N1C. The van der Waals surface area contributed by atoms with E-state index in [9.17, 15) is 58.5 Å². The molecular formula is C62H111N11O14. The number of rotatable bonds is 15. The average molecular weight is 1230 g/mol. The van der Waals surface area contributed by atoms with Crippen LogP contribution in [0.4, 0.5) is 0 Å². The van der Waals surface area contributed by atoms with Gasteiger partial charge in [-0.25, -0.2) is 0 Å². The number of amides is 11. The van der Waals surface area contributed by atoms with Gasteiger partial charge in [-0.2, -0.15) is 0 Å². The molecule has 0 unspecified atom stereocenters. The Morgan fingerprint density at radius 3 is 1.43 bits per heavy atom. The quantitative estimate of drug-likeness (QED) is 0.114. The molecule has 25 heteroatoms. The van der Waals surface area contributed by atoms with Gasteiger partial charge in [0.15, 0.2) is 0 Å². The first-order valence-corrected chi connectivity index (χ1v) is 30.6. The second kappa shape index (κ2) is 33.9. The lowest BCUT2D eigenvalue weighted by molar-refractivity contribution is -0.158. The highest BCUT2D eigenvalue weighted by Crippen LogP contribution is 2.26. The molecule has 0 aromatic rings. The predicted molar refractivity (Wildman–Crippen MR) is 331 cm³/mol. The molecule has 1 fully saturated rings. The van der Waals surface area contributed by atoms with Gasteiger partial charge in [-0.05, 0) is 104 Å². The van der Waals surface area contributed by atoms with Gasteiger partial charge in [-0.3, -0.25) is 52.7 Å². The molecule has 12 atom stereocenters. The maximum atomic E-state index is 15.1. The standard InChI is InChI=1S/C62H111N11O14/c1-25-27-28-38(11)50(75)49-54(79)65-41(26-2)56(81)67(18)33-46(74)68(19)42(29-34(3)4)52(77)66-47(36(7)8)59(84)70(21)44(31-61(14,15)86)53(78)63-39(12)51(76)64-40(13)55(80)71(22)45(32-62(16,17)87)58(83)69(20)43(30-35(5)6)57(82)72(23)48(37(9)10)60(85)73(49)24/h25,27,34-45,47-50,75,86-87H,26,28-33H2,1-24H3,(H,63,78)(H,64,76)(H,65,79)(H,66,77)/b27-25+/t38-,39+,40-,41+,42+,43+,44+,45+,47+,48+,49+,50-/m1/s1. The molecule has 7 N–H and O–H groups in total. The van der Waals surface area contributed by atoms with Gasteiger partial charge in [-0.1, -0.05) is 81.4 Å². The highest BCUT2D eigenvalue weighted by atomic mass is 16.3. The largest absolute Gasteiger partial charge is 0.390 e. The third-order valence-corrected chi connectivity index (χ3v) is 16.1. The van der Waals surface area contributed by atoms with Crippen LogP contribution in [-0.4, -0.2) is 248 Å². The molecule has 1 aliphatic heterocycles. The van der Waals surface area contributed by atoms with Crippen LogP contribution in [0.25, 0.3) is 0 Å². The van der Waals surface area contributed by atoms with E-state index in [1.807, 2.05) is 27.7 Å². The Hall–Kier alpha value is -6.21. The third kappa shape index (κ3) is 22.7. The van der Waals surface area contributed by atoms with Gasteiger partial charge in [0, 0.05) is 62.2 Å². The Morgan fingerprint density at radius 2 is 0.954 bits per heavy atom. The number of nitrogens with one attached hydrogen (secondary N) is 4. The van der Waals surface area contributed by atoms with Crippen molar-refractivity contribution in [3.63, 3.8) is 0 Å². The van der Waals surface area contributed by atoms with Crippen LogP contribution in [0.5, 0.6) is 0 Å². The van der Waals surface area contributed by atoms with Crippen molar-refractivity contribution in [2.24, 2.45) is 29.6 Å². The number of likely N-dealkylation sites (N-methyl/N-ethyl adjacent to an activating group) is 7. The summed E-state index contributed by atoms with van der Waals surface area (Å²) < 4.78 is 0. The Bertz CT molecular complexity index is 2420. The lowest BCUT2D eigenvalue weighted by Crippen LogP contribution is -2.63. The molecule has 0 aromatic heterocycles. The topological polar surface area (TPSA) is 319 Å². The summed E-state index contributed by atoms with van der Waals surface area (Å²) in [6, 6.07) is -13.6. The number of carbonyl (C=O) groups is 11. The van der Waals surface area contributed by atoms with Crippen LogP contribution in [0.15, 0.2) is 12.2 Å². The van der Waals surface area contributed by atoms with Crippen LogP contribution < -0.4 is 21.3 Å². The zero-order chi connectivity index (χ0) is 67.8. The predicted octanol–water partition coefficient (Wildman–Crippen LogP) is 1.50. The van der Waals surface area contributed by atoms with Gasteiger partial charge in [0.2, 0.25) is 65.0 Å². The van der Waals surface area contributed by atoms with Crippen molar-refractivity contribution >= 4 is 65.0 Å². The van der Waals surface area contributed by atoms with Crippen molar-refractivity contribution in [1.82, 2.24) is 55.6 Å². The van der Waals surface area contributed by atoms with E-state index in [0.717, 1.165) is 24.5 Å². The molecule has 0 saturated carbocycles. The van der Waals surface area contributed by atoms with Crippen molar-refractivity contribution in [2.75, 3.05) is 55.9 Å². The molecule has 0 spiro atoms. The van der Waals surface area contributed by atoms with E-state index in [0.29, 0.717) is 0 Å². The number of nitrogens with zero attached hydrogens (tertiary/aromatic N) is 7. The van der Waals surface area contributed by atoms with Gasteiger partial charge in [0.25, 0.3) is 0 Å². The van der Waals surface area contributed by atoms with Crippen molar-refractivity contribution < 1.29 is 68.1 Å². The number of aliphatic hydroxyl groups excluding tert-OH is 1. The minimum atomic E-state index is -1.65. The first-order valence-electron chi connectivity index (χ1n) is 30.6. The number of hydrogen-bond acceptors (Lipinski definition) is 14. The van der Waals surface area contributed by atoms with Crippen molar-refractivity contribution in [2.45, 2.75) is 234 Å². The Labute approximate surface area is 518 Å². The Balaban J connectivity index is 4.38. The van der Waals surface area contributed by atoms with Gasteiger partial charge >= 0.3 is 0 Å². The molecule has 0 aromatic carbocycles. The summed E-state index contributed by atoms with van der Waals surface area (Å²) in [4.78, 5) is 168. The molecule has 1 aliphatic rings. The number of allylic oxidation sites excluding steroid dienone is 2. The molecule has 498 valence electrons. The van der Waals surface area contributed by atoms with Crippen LogP contribution in [-0.2, 0) is 52.7 Å². The fraction of sp³-hybridized carbons (Fsp3) is 0.790. The van der Waals surface area contributed by atoms with Crippen LogP contribution in [0.3, 0.4) is 0 Å². The van der Waals surface area contributed by atoms with Gasteiger partial charge in [0.1, 0.15) is 60.4 Å². The summed E-state index contributed by atoms with van der Waals surface area (Å²) in [5, 5.41) is 45.0. The van der Waals surface area contributed by atoms with Crippen LogP contribution in [0, 0.1) is 29.6 Å². The molecule has 11 amide bonds. The fourth-order valence-corrected chi connectivity index (χ4v) is 10.7. The smallest absolute Gasteiger partial charge is 0.246 e. The maximum Gasteiger partial charge on any atom is 0.246 e. The first kappa shape index (κ1) is 78.8. The molecule has 1 saturated heterocycles. The fourth-order valence-electron chi connectivity index (χ4n) is 10.7. The van der Waals surface area contributed by atoms with Gasteiger partial charge in [0.05, 0.1) is 23.9 Å². The number of carbonyl (C=O) groups excluding carboxylic acids is 11. The average Bonchev–Trinajstić information content (AvgIpc) is 1.86. The Morgan fingerprint density at radius 1 is 0.506 bits per heavy atom. The highest BCUT2D eigenvalue weighted by molar-refractivity contribution is 5.99. The summed E-state index contributed by atoms with van der Waals surface area (Å²) >= 11 is 0. The molecule has 1 heterocycles. The minimum Gasteiger partial charge on any atom is -0.390 e. The Kier molecular flexibility index (Phi) is 30.8. The summed E-state index contributed by atoms with van der Waals surface area (Å²) in [6.45, 7) is 26.9.